The Balaban J connectivity index is 1.94. The number of aromatic nitrogens is 2. The fraction of sp³-hybridized carbons (Fsp3) is 0.0625. The van der Waals surface area contributed by atoms with Crippen LogP contribution in [0.2, 0.25) is 0 Å². The lowest BCUT2D eigenvalue weighted by Gasteiger charge is -2.12. The van der Waals surface area contributed by atoms with Gasteiger partial charge in [-0.1, -0.05) is 75.0 Å². The minimum absolute atomic E-state index is 0.0903. The first-order valence-electron chi connectivity index (χ1n) is 6.82. The maximum absolute atomic E-state index is 5.91. The average Bonchev–Trinajstić information content (AvgIpc) is 2.55. The fourth-order valence-corrected chi connectivity index (χ4v) is 2.52. The standard InChI is InChI=1S/C16H10BrCl3N4/c17-11-7-5-10(6-8-11)9-21-24-14-12-3-1-2-4-13(12)22-15(23-14)16(18,19)20/h1-9H,(H,22,23,24). The van der Waals surface area contributed by atoms with Crippen LogP contribution >= 0.6 is 50.7 Å². The first-order chi connectivity index (χ1) is 11.4. The molecule has 0 spiro atoms. The molecule has 1 heterocycles. The van der Waals surface area contributed by atoms with Crippen LogP contribution < -0.4 is 5.43 Å². The molecule has 3 rings (SSSR count). The summed E-state index contributed by atoms with van der Waals surface area (Å²) in [5.74, 6) is 0.558. The predicted molar refractivity (Wildman–Crippen MR) is 104 cm³/mol. The largest absolute Gasteiger partial charge is 0.261 e. The summed E-state index contributed by atoms with van der Waals surface area (Å²) >= 11 is 21.1. The Labute approximate surface area is 162 Å². The first-order valence-corrected chi connectivity index (χ1v) is 8.75. The molecule has 122 valence electrons. The van der Waals surface area contributed by atoms with Crippen molar-refractivity contribution in [3.05, 3.63) is 64.4 Å². The van der Waals surface area contributed by atoms with Gasteiger partial charge in [-0.05, 0) is 29.8 Å². The lowest BCUT2D eigenvalue weighted by Crippen LogP contribution is -2.09. The highest BCUT2D eigenvalue weighted by Crippen LogP contribution is 2.37. The number of anilines is 1. The highest BCUT2D eigenvalue weighted by molar-refractivity contribution is 9.10. The minimum Gasteiger partial charge on any atom is -0.261 e. The van der Waals surface area contributed by atoms with Gasteiger partial charge in [-0.15, -0.1) is 0 Å². The van der Waals surface area contributed by atoms with Gasteiger partial charge in [0.25, 0.3) is 0 Å². The number of hydrogen-bond donors (Lipinski definition) is 1. The SMILES string of the molecule is ClC(Cl)(Cl)c1nc(NN=Cc2ccc(Br)cc2)c2ccccc2n1. The number of para-hydroxylation sites is 1. The number of nitrogens with zero attached hydrogens (tertiary/aromatic N) is 3. The Morgan fingerprint density at radius 1 is 1.00 bits per heavy atom. The molecular formula is C16H10BrCl3N4. The lowest BCUT2D eigenvalue weighted by molar-refractivity contribution is 0.992. The van der Waals surface area contributed by atoms with Crippen LogP contribution in [0.3, 0.4) is 0 Å². The fourth-order valence-electron chi connectivity index (χ4n) is 2.01. The smallest absolute Gasteiger partial charge is 0.250 e. The van der Waals surface area contributed by atoms with Crippen molar-refractivity contribution < 1.29 is 0 Å². The number of rotatable bonds is 3. The summed E-state index contributed by atoms with van der Waals surface area (Å²) < 4.78 is -0.711. The summed E-state index contributed by atoms with van der Waals surface area (Å²) in [6, 6.07) is 15.1. The number of halogens is 4. The van der Waals surface area contributed by atoms with Crippen LogP contribution in [-0.2, 0) is 3.79 Å². The molecule has 0 aliphatic heterocycles. The van der Waals surface area contributed by atoms with E-state index >= 15 is 0 Å². The van der Waals surface area contributed by atoms with Crippen molar-refractivity contribution in [3.63, 3.8) is 0 Å². The van der Waals surface area contributed by atoms with E-state index in [1.165, 1.54) is 0 Å². The van der Waals surface area contributed by atoms with Crippen LogP contribution in [0.25, 0.3) is 10.9 Å². The summed E-state index contributed by atoms with van der Waals surface area (Å²) in [6.45, 7) is 0. The number of fused-ring (bicyclic) bond motifs is 1. The van der Waals surface area contributed by atoms with Gasteiger partial charge in [-0.25, -0.2) is 9.97 Å². The van der Waals surface area contributed by atoms with E-state index in [0.29, 0.717) is 11.3 Å². The molecule has 0 radical (unpaired) electrons. The van der Waals surface area contributed by atoms with Crippen molar-refractivity contribution in [2.75, 3.05) is 5.43 Å². The maximum atomic E-state index is 5.91. The van der Waals surface area contributed by atoms with E-state index < -0.39 is 3.79 Å². The van der Waals surface area contributed by atoms with Gasteiger partial charge in [0.15, 0.2) is 11.6 Å². The Morgan fingerprint density at radius 3 is 2.42 bits per heavy atom. The lowest BCUT2D eigenvalue weighted by atomic mass is 10.2. The molecule has 0 unspecified atom stereocenters. The van der Waals surface area contributed by atoms with Crippen molar-refractivity contribution in [2.45, 2.75) is 3.79 Å². The number of nitrogens with one attached hydrogen (secondary N) is 1. The van der Waals surface area contributed by atoms with E-state index in [4.69, 9.17) is 34.8 Å². The van der Waals surface area contributed by atoms with Gasteiger partial charge in [-0.2, -0.15) is 5.10 Å². The molecule has 0 aliphatic rings. The molecule has 1 aromatic heterocycles. The molecule has 8 heteroatoms. The summed E-state index contributed by atoms with van der Waals surface area (Å²) in [6.07, 6.45) is 1.68. The van der Waals surface area contributed by atoms with Crippen molar-refractivity contribution in [1.29, 1.82) is 0 Å². The highest BCUT2D eigenvalue weighted by atomic mass is 79.9. The second-order valence-electron chi connectivity index (χ2n) is 4.83. The van der Waals surface area contributed by atoms with Gasteiger partial charge in [0, 0.05) is 9.86 Å². The molecule has 3 aromatic rings. The van der Waals surface area contributed by atoms with Crippen LogP contribution in [0.1, 0.15) is 11.4 Å². The Hall–Kier alpha value is -1.40. The molecule has 0 saturated carbocycles. The molecule has 0 aliphatic carbocycles. The van der Waals surface area contributed by atoms with Gasteiger partial charge in [0.2, 0.25) is 3.79 Å². The Bertz CT molecular complexity index is 892. The molecular weight excluding hydrogens is 434 g/mol. The highest BCUT2D eigenvalue weighted by Gasteiger charge is 2.28. The Kier molecular flexibility index (Phi) is 5.25. The van der Waals surface area contributed by atoms with Crippen LogP contribution in [0.5, 0.6) is 0 Å². The third kappa shape index (κ3) is 4.16. The average molecular weight is 445 g/mol. The molecule has 24 heavy (non-hydrogen) atoms. The molecule has 0 amide bonds. The second-order valence-corrected chi connectivity index (χ2v) is 8.03. The summed E-state index contributed by atoms with van der Waals surface area (Å²) in [5.41, 5.74) is 4.49. The quantitative estimate of drug-likeness (QED) is 0.322. The van der Waals surface area contributed by atoms with Gasteiger partial charge < -0.3 is 0 Å². The van der Waals surface area contributed by atoms with Gasteiger partial charge in [0.1, 0.15) is 0 Å². The van der Waals surface area contributed by atoms with Crippen LogP contribution in [0.15, 0.2) is 58.1 Å². The predicted octanol–water partition coefficient (Wildman–Crippen LogP) is 5.67. The molecule has 4 nitrogen and oxygen atoms in total. The van der Waals surface area contributed by atoms with Crippen molar-refractivity contribution >= 4 is 73.7 Å². The zero-order chi connectivity index (χ0) is 17.2. The first kappa shape index (κ1) is 17.4. The van der Waals surface area contributed by atoms with Crippen LogP contribution in [0, 0.1) is 0 Å². The van der Waals surface area contributed by atoms with Crippen molar-refractivity contribution in [2.24, 2.45) is 5.10 Å². The molecule has 2 aromatic carbocycles. The third-order valence-corrected chi connectivity index (χ3v) is 4.15. The van der Waals surface area contributed by atoms with E-state index in [1.54, 1.807) is 6.21 Å². The Morgan fingerprint density at radius 2 is 1.71 bits per heavy atom. The monoisotopic (exact) mass is 442 g/mol. The molecule has 0 atom stereocenters. The van der Waals surface area contributed by atoms with Crippen molar-refractivity contribution in [1.82, 2.24) is 9.97 Å². The normalized spacial score (nSPS) is 12.0. The van der Waals surface area contributed by atoms with Crippen molar-refractivity contribution in [3.8, 4) is 0 Å². The maximum Gasteiger partial charge on any atom is 0.250 e. The molecule has 0 fully saturated rings. The number of hydrogen-bond acceptors (Lipinski definition) is 4. The van der Waals surface area contributed by atoms with E-state index in [2.05, 4.69) is 36.4 Å². The van der Waals surface area contributed by atoms with Crippen LogP contribution in [0.4, 0.5) is 5.82 Å². The van der Waals surface area contributed by atoms with Gasteiger partial charge in [-0.3, -0.25) is 5.43 Å². The van der Waals surface area contributed by atoms with E-state index in [1.807, 2.05) is 48.5 Å². The number of benzene rings is 2. The summed E-state index contributed by atoms with van der Waals surface area (Å²) in [5, 5.41) is 4.99. The van der Waals surface area contributed by atoms with Gasteiger partial charge >= 0.3 is 0 Å². The summed E-state index contributed by atoms with van der Waals surface area (Å²) in [4.78, 5) is 8.56. The number of alkyl halides is 3. The van der Waals surface area contributed by atoms with Gasteiger partial charge in [0.05, 0.1) is 11.7 Å². The van der Waals surface area contributed by atoms with E-state index in [9.17, 15) is 0 Å². The van der Waals surface area contributed by atoms with E-state index in [-0.39, 0.29) is 5.82 Å². The second kappa shape index (κ2) is 7.23. The summed E-state index contributed by atoms with van der Waals surface area (Å²) in [7, 11) is 0. The molecule has 0 saturated heterocycles. The third-order valence-electron chi connectivity index (χ3n) is 3.11. The molecule has 0 bridgehead atoms. The molecule has 1 N–H and O–H groups in total. The van der Waals surface area contributed by atoms with Crippen LogP contribution in [-0.4, -0.2) is 16.2 Å². The zero-order valence-corrected chi connectivity index (χ0v) is 15.9. The van der Waals surface area contributed by atoms with E-state index in [0.717, 1.165) is 15.4 Å². The zero-order valence-electron chi connectivity index (χ0n) is 12.0. The topological polar surface area (TPSA) is 50.2 Å². The minimum atomic E-state index is -1.71. The number of hydrazone groups is 1.